The highest BCUT2D eigenvalue weighted by Crippen LogP contribution is 2.37. The standard InChI is InChI=1S/C18H21N3O/c22-15-10-6-9-14-17(15)18(13-7-2-1-3-8-13)20-21(14)16-11-4-5-12-19-16/h4-5,11-13H,1-3,6-10H2. The number of rotatable bonds is 2. The summed E-state index contributed by atoms with van der Waals surface area (Å²) >= 11 is 0. The van der Waals surface area contributed by atoms with E-state index in [-0.39, 0.29) is 5.78 Å². The topological polar surface area (TPSA) is 47.8 Å². The maximum absolute atomic E-state index is 12.5. The minimum absolute atomic E-state index is 0.281. The summed E-state index contributed by atoms with van der Waals surface area (Å²) in [6.45, 7) is 0. The van der Waals surface area contributed by atoms with Crippen molar-refractivity contribution in [3.8, 4) is 5.82 Å². The van der Waals surface area contributed by atoms with Crippen LogP contribution >= 0.6 is 0 Å². The van der Waals surface area contributed by atoms with E-state index >= 15 is 0 Å². The molecule has 2 aliphatic carbocycles. The maximum Gasteiger partial charge on any atom is 0.166 e. The molecule has 2 heterocycles. The third-order valence-corrected chi connectivity index (χ3v) is 4.96. The van der Waals surface area contributed by atoms with Crippen molar-refractivity contribution in [2.24, 2.45) is 0 Å². The lowest BCUT2D eigenvalue weighted by Crippen LogP contribution is -2.15. The number of fused-ring (bicyclic) bond motifs is 1. The summed E-state index contributed by atoms with van der Waals surface area (Å²) in [5.41, 5.74) is 3.05. The predicted molar refractivity (Wildman–Crippen MR) is 84.5 cm³/mol. The second-order valence-corrected chi connectivity index (χ2v) is 6.42. The number of hydrogen-bond donors (Lipinski definition) is 0. The van der Waals surface area contributed by atoms with Gasteiger partial charge in [-0.3, -0.25) is 4.79 Å². The van der Waals surface area contributed by atoms with E-state index in [0.717, 1.165) is 35.6 Å². The molecule has 1 fully saturated rings. The molecule has 0 aromatic carbocycles. The van der Waals surface area contributed by atoms with Crippen molar-refractivity contribution in [3.05, 3.63) is 41.3 Å². The molecule has 0 amide bonds. The van der Waals surface area contributed by atoms with Crippen molar-refractivity contribution in [1.29, 1.82) is 0 Å². The first-order valence-electron chi connectivity index (χ1n) is 8.41. The summed E-state index contributed by atoms with van der Waals surface area (Å²) in [5, 5.41) is 4.87. The van der Waals surface area contributed by atoms with E-state index in [1.54, 1.807) is 6.20 Å². The number of aromatic nitrogens is 3. The molecule has 0 aliphatic heterocycles. The molecule has 0 bridgehead atoms. The minimum atomic E-state index is 0.281. The highest BCUT2D eigenvalue weighted by molar-refractivity contribution is 5.99. The van der Waals surface area contributed by atoms with Crippen LogP contribution in [0.15, 0.2) is 24.4 Å². The van der Waals surface area contributed by atoms with Gasteiger partial charge >= 0.3 is 0 Å². The third kappa shape index (κ3) is 2.27. The first-order chi connectivity index (χ1) is 10.8. The average molecular weight is 295 g/mol. The van der Waals surface area contributed by atoms with E-state index in [1.807, 2.05) is 22.9 Å². The molecule has 2 aromatic rings. The van der Waals surface area contributed by atoms with Crippen LogP contribution in [0.25, 0.3) is 5.82 Å². The number of hydrogen-bond acceptors (Lipinski definition) is 3. The highest BCUT2D eigenvalue weighted by atomic mass is 16.1. The van der Waals surface area contributed by atoms with Crippen molar-refractivity contribution < 1.29 is 4.79 Å². The molecule has 4 rings (SSSR count). The average Bonchev–Trinajstić information content (AvgIpc) is 2.98. The molecule has 22 heavy (non-hydrogen) atoms. The molecule has 0 N–H and O–H groups in total. The summed E-state index contributed by atoms with van der Waals surface area (Å²) in [7, 11) is 0. The molecule has 114 valence electrons. The molecule has 0 radical (unpaired) electrons. The molecular weight excluding hydrogens is 274 g/mol. The van der Waals surface area contributed by atoms with Gasteiger partial charge in [-0.2, -0.15) is 5.10 Å². The fourth-order valence-electron chi connectivity index (χ4n) is 3.88. The van der Waals surface area contributed by atoms with Crippen LogP contribution < -0.4 is 0 Å². The van der Waals surface area contributed by atoms with Gasteiger partial charge in [0.25, 0.3) is 0 Å². The Labute approximate surface area is 130 Å². The molecule has 1 saturated carbocycles. The number of nitrogens with zero attached hydrogens (tertiary/aromatic N) is 3. The Bertz CT molecular complexity index is 684. The van der Waals surface area contributed by atoms with Crippen LogP contribution in [0.5, 0.6) is 0 Å². The Kier molecular flexibility index (Phi) is 3.53. The first-order valence-corrected chi connectivity index (χ1v) is 8.41. The molecule has 0 atom stereocenters. The molecule has 4 heteroatoms. The van der Waals surface area contributed by atoms with Gasteiger partial charge in [-0.05, 0) is 37.8 Å². The zero-order valence-corrected chi connectivity index (χ0v) is 12.8. The van der Waals surface area contributed by atoms with Gasteiger partial charge in [-0.15, -0.1) is 0 Å². The minimum Gasteiger partial charge on any atom is -0.294 e. The zero-order valence-electron chi connectivity index (χ0n) is 12.8. The number of carbonyl (C=O) groups is 1. The summed E-state index contributed by atoms with van der Waals surface area (Å²) in [6.07, 6.45) is 10.5. The zero-order chi connectivity index (χ0) is 14.9. The van der Waals surface area contributed by atoms with Crippen LogP contribution in [0.1, 0.15) is 72.6 Å². The van der Waals surface area contributed by atoms with Gasteiger partial charge in [-0.25, -0.2) is 9.67 Å². The van der Waals surface area contributed by atoms with Crippen molar-refractivity contribution in [3.63, 3.8) is 0 Å². The van der Waals surface area contributed by atoms with Gasteiger partial charge in [0, 0.05) is 18.5 Å². The van der Waals surface area contributed by atoms with Crippen LogP contribution in [0.3, 0.4) is 0 Å². The van der Waals surface area contributed by atoms with Crippen molar-refractivity contribution in [2.45, 2.75) is 57.3 Å². The van der Waals surface area contributed by atoms with Crippen LogP contribution in [-0.2, 0) is 6.42 Å². The number of carbonyl (C=O) groups excluding carboxylic acids is 1. The van der Waals surface area contributed by atoms with Crippen LogP contribution in [0.2, 0.25) is 0 Å². The van der Waals surface area contributed by atoms with E-state index in [1.165, 1.54) is 32.1 Å². The fourth-order valence-corrected chi connectivity index (χ4v) is 3.88. The molecule has 0 spiro atoms. The Morgan fingerprint density at radius 3 is 2.68 bits per heavy atom. The number of ketones is 1. The maximum atomic E-state index is 12.5. The summed E-state index contributed by atoms with van der Waals surface area (Å²) in [6, 6.07) is 5.85. The summed E-state index contributed by atoms with van der Waals surface area (Å²) < 4.78 is 1.93. The SMILES string of the molecule is O=C1CCCc2c1c(C1CCCCC1)nn2-c1ccccn1. The van der Waals surface area contributed by atoms with Gasteiger partial charge < -0.3 is 0 Å². The normalized spacial score (nSPS) is 19.2. The number of Topliss-reactive ketones (excluding diaryl/α,β-unsaturated/α-hetero) is 1. The highest BCUT2D eigenvalue weighted by Gasteiger charge is 2.31. The monoisotopic (exact) mass is 295 g/mol. The van der Waals surface area contributed by atoms with E-state index in [0.29, 0.717) is 12.3 Å². The Hall–Kier alpha value is -1.97. The summed E-state index contributed by atoms with van der Waals surface area (Å²) in [5.74, 6) is 1.56. The van der Waals surface area contributed by atoms with Crippen LogP contribution in [0.4, 0.5) is 0 Å². The van der Waals surface area contributed by atoms with Crippen molar-refractivity contribution >= 4 is 5.78 Å². The lowest BCUT2D eigenvalue weighted by Gasteiger charge is -2.21. The predicted octanol–water partition coefficient (Wildman–Crippen LogP) is 3.83. The molecule has 4 nitrogen and oxygen atoms in total. The van der Waals surface area contributed by atoms with Crippen LogP contribution in [0, 0.1) is 0 Å². The van der Waals surface area contributed by atoms with E-state index in [2.05, 4.69) is 4.98 Å². The van der Waals surface area contributed by atoms with Crippen molar-refractivity contribution in [2.75, 3.05) is 0 Å². The second-order valence-electron chi connectivity index (χ2n) is 6.42. The van der Waals surface area contributed by atoms with Gasteiger partial charge in [0.2, 0.25) is 0 Å². The van der Waals surface area contributed by atoms with Crippen LogP contribution in [-0.4, -0.2) is 20.5 Å². The van der Waals surface area contributed by atoms with E-state index in [9.17, 15) is 4.79 Å². The Balaban J connectivity index is 1.84. The smallest absolute Gasteiger partial charge is 0.166 e. The third-order valence-electron chi connectivity index (χ3n) is 4.96. The lowest BCUT2D eigenvalue weighted by molar-refractivity contribution is 0.0970. The quantitative estimate of drug-likeness (QED) is 0.846. The molecule has 0 saturated heterocycles. The fraction of sp³-hybridized carbons (Fsp3) is 0.500. The number of pyridine rings is 1. The largest absolute Gasteiger partial charge is 0.294 e. The first kappa shape index (κ1) is 13.7. The Morgan fingerprint density at radius 2 is 1.91 bits per heavy atom. The second kappa shape index (κ2) is 5.67. The van der Waals surface area contributed by atoms with Crippen molar-refractivity contribution in [1.82, 2.24) is 14.8 Å². The Morgan fingerprint density at radius 1 is 1.05 bits per heavy atom. The van der Waals surface area contributed by atoms with Gasteiger partial charge in [0.05, 0.1) is 17.0 Å². The summed E-state index contributed by atoms with van der Waals surface area (Å²) in [4.78, 5) is 16.9. The van der Waals surface area contributed by atoms with E-state index in [4.69, 9.17) is 5.10 Å². The van der Waals surface area contributed by atoms with Gasteiger partial charge in [0.1, 0.15) is 0 Å². The molecular formula is C18H21N3O. The molecule has 0 unspecified atom stereocenters. The lowest BCUT2D eigenvalue weighted by atomic mass is 9.82. The van der Waals surface area contributed by atoms with Gasteiger partial charge in [-0.1, -0.05) is 25.3 Å². The molecule has 2 aliphatic rings. The van der Waals surface area contributed by atoms with E-state index < -0.39 is 0 Å². The van der Waals surface area contributed by atoms with Gasteiger partial charge in [0.15, 0.2) is 11.6 Å². The molecule has 2 aromatic heterocycles.